The van der Waals surface area contributed by atoms with E-state index in [0.29, 0.717) is 19.0 Å². The third-order valence-electron chi connectivity index (χ3n) is 3.86. The predicted molar refractivity (Wildman–Crippen MR) is 80.8 cm³/mol. The molecule has 2 N–H and O–H groups in total. The Morgan fingerprint density at radius 2 is 2.05 bits per heavy atom. The number of hydrogen-bond donors (Lipinski definition) is 1. The standard InChI is InChI=1S/C15H21BrN2O/c1-11-3-2-4-14(10-17)18(11)15(19)9-12-5-7-13(16)8-6-12/h5-8,11,14H,2-4,9-10,17H2,1H3. The first-order chi connectivity index (χ1) is 9.11. The van der Waals surface area contributed by atoms with Crippen molar-refractivity contribution in [3.8, 4) is 0 Å². The van der Waals surface area contributed by atoms with Gasteiger partial charge < -0.3 is 10.6 Å². The third-order valence-corrected chi connectivity index (χ3v) is 4.38. The Morgan fingerprint density at radius 1 is 1.37 bits per heavy atom. The molecule has 1 aromatic carbocycles. The zero-order valence-corrected chi connectivity index (χ0v) is 12.9. The van der Waals surface area contributed by atoms with E-state index in [-0.39, 0.29) is 11.9 Å². The lowest BCUT2D eigenvalue weighted by Gasteiger charge is -2.40. The van der Waals surface area contributed by atoms with Gasteiger partial charge in [0.05, 0.1) is 6.42 Å². The van der Waals surface area contributed by atoms with Gasteiger partial charge in [-0.1, -0.05) is 28.1 Å². The summed E-state index contributed by atoms with van der Waals surface area (Å²) in [6.07, 6.45) is 3.76. The normalized spacial score (nSPS) is 23.4. The van der Waals surface area contributed by atoms with Crippen LogP contribution in [0.1, 0.15) is 31.7 Å². The molecule has 0 aliphatic carbocycles. The van der Waals surface area contributed by atoms with Crippen LogP contribution in [0.4, 0.5) is 0 Å². The number of amides is 1. The molecule has 3 nitrogen and oxygen atoms in total. The lowest BCUT2D eigenvalue weighted by atomic mass is 9.95. The molecule has 2 rings (SSSR count). The summed E-state index contributed by atoms with van der Waals surface area (Å²) < 4.78 is 1.04. The zero-order chi connectivity index (χ0) is 13.8. The molecule has 19 heavy (non-hydrogen) atoms. The third kappa shape index (κ3) is 3.57. The van der Waals surface area contributed by atoms with Crippen molar-refractivity contribution in [2.75, 3.05) is 6.54 Å². The van der Waals surface area contributed by atoms with Crippen molar-refractivity contribution < 1.29 is 4.79 Å². The molecule has 0 radical (unpaired) electrons. The minimum atomic E-state index is 0.199. The van der Waals surface area contributed by atoms with Gasteiger partial charge in [-0.05, 0) is 43.9 Å². The topological polar surface area (TPSA) is 46.3 Å². The van der Waals surface area contributed by atoms with Crippen LogP contribution in [0.3, 0.4) is 0 Å². The predicted octanol–water partition coefficient (Wildman–Crippen LogP) is 2.72. The van der Waals surface area contributed by atoms with Crippen molar-refractivity contribution in [2.24, 2.45) is 5.73 Å². The zero-order valence-electron chi connectivity index (χ0n) is 11.3. The van der Waals surface area contributed by atoms with Crippen LogP contribution in [0.2, 0.25) is 0 Å². The first kappa shape index (κ1) is 14.5. The van der Waals surface area contributed by atoms with Crippen LogP contribution in [0.25, 0.3) is 0 Å². The van der Waals surface area contributed by atoms with Crippen LogP contribution in [0.15, 0.2) is 28.7 Å². The molecule has 1 fully saturated rings. The van der Waals surface area contributed by atoms with Crippen molar-refractivity contribution in [3.05, 3.63) is 34.3 Å². The molecule has 1 amide bonds. The highest BCUT2D eigenvalue weighted by atomic mass is 79.9. The van der Waals surface area contributed by atoms with Gasteiger partial charge in [-0.2, -0.15) is 0 Å². The SMILES string of the molecule is CC1CCCC(CN)N1C(=O)Cc1ccc(Br)cc1. The molecule has 0 spiro atoms. The number of likely N-dealkylation sites (tertiary alicyclic amines) is 1. The average Bonchev–Trinajstić information content (AvgIpc) is 2.40. The highest BCUT2D eigenvalue weighted by molar-refractivity contribution is 9.10. The largest absolute Gasteiger partial charge is 0.335 e. The summed E-state index contributed by atoms with van der Waals surface area (Å²) in [5, 5.41) is 0. The van der Waals surface area contributed by atoms with Gasteiger partial charge in [0.25, 0.3) is 0 Å². The Labute approximate surface area is 123 Å². The number of nitrogens with zero attached hydrogens (tertiary/aromatic N) is 1. The summed E-state index contributed by atoms with van der Waals surface area (Å²) in [4.78, 5) is 14.5. The van der Waals surface area contributed by atoms with Crippen LogP contribution in [0.5, 0.6) is 0 Å². The Kier molecular flexibility index (Phi) is 4.99. The van der Waals surface area contributed by atoms with Crippen LogP contribution in [-0.4, -0.2) is 29.4 Å². The Bertz CT molecular complexity index is 432. The van der Waals surface area contributed by atoms with E-state index in [1.54, 1.807) is 0 Å². The quantitative estimate of drug-likeness (QED) is 0.929. The second-order valence-electron chi connectivity index (χ2n) is 5.27. The van der Waals surface area contributed by atoms with Crippen LogP contribution >= 0.6 is 15.9 Å². The van der Waals surface area contributed by atoms with E-state index in [2.05, 4.69) is 22.9 Å². The molecule has 4 heteroatoms. The lowest BCUT2D eigenvalue weighted by molar-refractivity contribution is -0.136. The Morgan fingerprint density at radius 3 is 2.68 bits per heavy atom. The molecule has 1 heterocycles. The van der Waals surface area contributed by atoms with Crippen molar-refractivity contribution in [1.29, 1.82) is 0 Å². The van der Waals surface area contributed by atoms with Crippen molar-refractivity contribution >= 4 is 21.8 Å². The first-order valence-corrected chi connectivity index (χ1v) is 7.66. The maximum Gasteiger partial charge on any atom is 0.227 e. The number of benzene rings is 1. The van der Waals surface area contributed by atoms with E-state index in [4.69, 9.17) is 5.73 Å². The lowest BCUT2D eigenvalue weighted by Crippen LogP contribution is -2.52. The number of nitrogens with two attached hydrogens (primary N) is 1. The summed E-state index contributed by atoms with van der Waals surface area (Å²) in [7, 11) is 0. The van der Waals surface area contributed by atoms with Gasteiger partial charge in [-0.3, -0.25) is 4.79 Å². The number of carbonyl (C=O) groups is 1. The molecule has 1 aromatic rings. The maximum atomic E-state index is 12.5. The minimum Gasteiger partial charge on any atom is -0.335 e. The number of hydrogen-bond acceptors (Lipinski definition) is 2. The molecule has 1 aliphatic heterocycles. The summed E-state index contributed by atoms with van der Waals surface area (Å²) in [5.74, 6) is 0.199. The van der Waals surface area contributed by atoms with Gasteiger partial charge in [0.1, 0.15) is 0 Å². The summed E-state index contributed by atoms with van der Waals surface area (Å²) in [5.41, 5.74) is 6.86. The molecular weight excluding hydrogens is 304 g/mol. The molecule has 0 aromatic heterocycles. The Balaban J connectivity index is 2.06. The summed E-state index contributed by atoms with van der Waals surface area (Å²) in [6, 6.07) is 8.46. The monoisotopic (exact) mass is 324 g/mol. The van der Waals surface area contributed by atoms with Crippen molar-refractivity contribution in [3.63, 3.8) is 0 Å². The fourth-order valence-electron chi connectivity index (χ4n) is 2.84. The fraction of sp³-hybridized carbons (Fsp3) is 0.533. The minimum absolute atomic E-state index is 0.199. The molecule has 2 unspecified atom stereocenters. The molecule has 1 saturated heterocycles. The second kappa shape index (κ2) is 6.53. The molecule has 1 aliphatic rings. The van der Waals surface area contributed by atoms with Crippen LogP contribution in [0, 0.1) is 0 Å². The van der Waals surface area contributed by atoms with Gasteiger partial charge >= 0.3 is 0 Å². The Hall–Kier alpha value is -0.870. The summed E-state index contributed by atoms with van der Waals surface area (Å²) in [6.45, 7) is 2.69. The molecule has 2 atom stereocenters. The molecule has 104 valence electrons. The molecule has 0 bridgehead atoms. The fourth-order valence-corrected chi connectivity index (χ4v) is 3.10. The number of carbonyl (C=O) groups excluding carboxylic acids is 1. The van der Waals surface area contributed by atoms with Gasteiger partial charge in [0.2, 0.25) is 5.91 Å². The van der Waals surface area contributed by atoms with E-state index in [9.17, 15) is 4.79 Å². The van der Waals surface area contributed by atoms with E-state index in [1.165, 1.54) is 6.42 Å². The number of rotatable bonds is 3. The summed E-state index contributed by atoms with van der Waals surface area (Å²) >= 11 is 3.41. The van der Waals surface area contributed by atoms with E-state index >= 15 is 0 Å². The van der Waals surface area contributed by atoms with E-state index in [0.717, 1.165) is 22.9 Å². The number of piperidine rings is 1. The van der Waals surface area contributed by atoms with Crippen LogP contribution in [-0.2, 0) is 11.2 Å². The average molecular weight is 325 g/mol. The van der Waals surface area contributed by atoms with Gasteiger partial charge in [0.15, 0.2) is 0 Å². The molecule has 0 saturated carbocycles. The van der Waals surface area contributed by atoms with Crippen molar-refractivity contribution in [2.45, 2.75) is 44.7 Å². The maximum absolute atomic E-state index is 12.5. The van der Waals surface area contributed by atoms with Crippen LogP contribution < -0.4 is 5.73 Å². The van der Waals surface area contributed by atoms with Gasteiger partial charge in [0, 0.05) is 23.1 Å². The molecular formula is C15H21BrN2O. The van der Waals surface area contributed by atoms with Crippen molar-refractivity contribution in [1.82, 2.24) is 4.90 Å². The highest BCUT2D eigenvalue weighted by Gasteiger charge is 2.30. The van der Waals surface area contributed by atoms with Gasteiger partial charge in [-0.25, -0.2) is 0 Å². The van der Waals surface area contributed by atoms with E-state index < -0.39 is 0 Å². The second-order valence-corrected chi connectivity index (χ2v) is 6.19. The van der Waals surface area contributed by atoms with E-state index in [1.807, 2.05) is 29.2 Å². The smallest absolute Gasteiger partial charge is 0.227 e. The first-order valence-electron chi connectivity index (χ1n) is 6.87. The highest BCUT2D eigenvalue weighted by Crippen LogP contribution is 2.23. The number of halogens is 1. The van der Waals surface area contributed by atoms with Gasteiger partial charge in [-0.15, -0.1) is 0 Å².